The summed E-state index contributed by atoms with van der Waals surface area (Å²) in [5.74, 6) is 1.21. The monoisotopic (exact) mass is 239 g/mol. The zero-order valence-corrected chi connectivity index (χ0v) is 10.2. The van der Waals surface area contributed by atoms with Crippen molar-refractivity contribution in [1.29, 1.82) is 0 Å². The smallest absolute Gasteiger partial charge is 0.183 e. The highest BCUT2D eigenvalue weighted by Gasteiger charge is 2.12. The third-order valence-corrected chi connectivity index (χ3v) is 3.04. The quantitative estimate of drug-likeness (QED) is 0.682. The van der Waals surface area contributed by atoms with Gasteiger partial charge in [0.1, 0.15) is 17.7 Å². The molecule has 0 aliphatic rings. The van der Waals surface area contributed by atoms with Crippen LogP contribution in [0, 0.1) is 13.8 Å². The minimum Gasteiger partial charge on any atom is -0.382 e. The lowest BCUT2D eigenvalue weighted by Crippen LogP contribution is -1.92. The van der Waals surface area contributed by atoms with Gasteiger partial charge in [-0.2, -0.15) is 0 Å². The minimum absolute atomic E-state index is 0.421. The largest absolute Gasteiger partial charge is 0.382 e. The van der Waals surface area contributed by atoms with E-state index >= 15 is 0 Å². The Hall–Kier alpha value is -2.43. The van der Waals surface area contributed by atoms with Crippen LogP contribution in [0.5, 0.6) is 0 Å². The van der Waals surface area contributed by atoms with Crippen LogP contribution in [0.4, 0.5) is 5.82 Å². The molecule has 0 bridgehead atoms. The molecule has 0 amide bonds. The Kier molecular flexibility index (Phi) is 2.26. The fourth-order valence-electron chi connectivity index (χ4n) is 2.15. The van der Waals surface area contributed by atoms with Crippen LogP contribution >= 0.6 is 0 Å². The van der Waals surface area contributed by atoms with E-state index in [2.05, 4.69) is 45.9 Å². The number of hydrogen-bond donors (Lipinski definition) is 2. The summed E-state index contributed by atoms with van der Waals surface area (Å²) in [6.45, 7) is 4.12. The number of nitrogen functional groups attached to an aromatic ring is 1. The van der Waals surface area contributed by atoms with E-state index in [1.165, 1.54) is 17.5 Å². The zero-order valence-electron chi connectivity index (χ0n) is 10.2. The van der Waals surface area contributed by atoms with Crippen molar-refractivity contribution in [2.75, 3.05) is 5.73 Å². The first-order valence-electron chi connectivity index (χ1n) is 5.69. The van der Waals surface area contributed by atoms with Crippen LogP contribution in [0.25, 0.3) is 22.6 Å². The zero-order chi connectivity index (χ0) is 12.7. The molecule has 2 aromatic heterocycles. The summed E-state index contributed by atoms with van der Waals surface area (Å²) in [6.07, 6.45) is 1.42. The maximum atomic E-state index is 5.80. The molecule has 0 saturated heterocycles. The normalized spacial score (nSPS) is 11.0. The summed E-state index contributed by atoms with van der Waals surface area (Å²) in [5, 5.41) is 0. The summed E-state index contributed by atoms with van der Waals surface area (Å²) in [4.78, 5) is 15.7. The van der Waals surface area contributed by atoms with Crippen molar-refractivity contribution < 1.29 is 0 Å². The minimum atomic E-state index is 0.421. The average molecular weight is 239 g/mol. The Morgan fingerprint density at radius 3 is 2.50 bits per heavy atom. The highest BCUT2D eigenvalue weighted by molar-refractivity contribution is 5.85. The van der Waals surface area contributed by atoms with Crippen molar-refractivity contribution in [3.63, 3.8) is 0 Å². The number of nitrogens with zero attached hydrogens (tertiary/aromatic N) is 3. The second-order valence-electron chi connectivity index (χ2n) is 4.31. The summed E-state index contributed by atoms with van der Waals surface area (Å²) < 4.78 is 0. The first-order valence-corrected chi connectivity index (χ1v) is 5.69. The summed E-state index contributed by atoms with van der Waals surface area (Å²) in [7, 11) is 0. The SMILES string of the molecule is Cc1cccc(C)c1-c1nc2ncnc(N)c2[nH]1. The van der Waals surface area contributed by atoms with Crippen molar-refractivity contribution in [3.05, 3.63) is 35.7 Å². The van der Waals surface area contributed by atoms with Gasteiger partial charge in [0.15, 0.2) is 11.5 Å². The summed E-state index contributed by atoms with van der Waals surface area (Å²) in [6, 6.07) is 6.15. The van der Waals surface area contributed by atoms with E-state index in [0.29, 0.717) is 17.0 Å². The lowest BCUT2D eigenvalue weighted by molar-refractivity contribution is 1.21. The topological polar surface area (TPSA) is 80.5 Å². The van der Waals surface area contributed by atoms with Crippen LogP contribution in [0.15, 0.2) is 24.5 Å². The molecule has 18 heavy (non-hydrogen) atoms. The number of hydrogen-bond acceptors (Lipinski definition) is 4. The maximum Gasteiger partial charge on any atom is 0.183 e. The standard InChI is InChI=1S/C13H13N5/c1-7-4-3-5-8(2)9(7)12-17-10-11(14)15-6-16-13(10)18-12/h3-6H,1-2H3,(H3,14,15,16,17,18). The summed E-state index contributed by atoms with van der Waals surface area (Å²) >= 11 is 0. The number of imidazole rings is 1. The van der Waals surface area contributed by atoms with E-state index in [1.54, 1.807) is 0 Å². The maximum absolute atomic E-state index is 5.80. The second kappa shape index (κ2) is 3.80. The summed E-state index contributed by atoms with van der Waals surface area (Å²) in [5.41, 5.74) is 10.5. The third-order valence-electron chi connectivity index (χ3n) is 3.04. The highest BCUT2D eigenvalue weighted by Crippen LogP contribution is 2.27. The van der Waals surface area contributed by atoms with Gasteiger partial charge in [-0.05, 0) is 25.0 Å². The van der Waals surface area contributed by atoms with E-state index < -0.39 is 0 Å². The Balaban J connectivity index is 2.30. The molecule has 3 N–H and O–H groups in total. The lowest BCUT2D eigenvalue weighted by Gasteiger charge is -2.05. The number of aryl methyl sites for hydroxylation is 2. The number of nitrogens with one attached hydrogen (secondary N) is 1. The molecule has 90 valence electrons. The van der Waals surface area contributed by atoms with Gasteiger partial charge in [0.05, 0.1) is 0 Å². The molecule has 0 spiro atoms. The molecular weight excluding hydrogens is 226 g/mol. The van der Waals surface area contributed by atoms with E-state index in [9.17, 15) is 0 Å². The van der Waals surface area contributed by atoms with Crippen LogP contribution in [0.3, 0.4) is 0 Å². The van der Waals surface area contributed by atoms with E-state index in [-0.39, 0.29) is 0 Å². The van der Waals surface area contributed by atoms with Crippen molar-refractivity contribution in [2.45, 2.75) is 13.8 Å². The van der Waals surface area contributed by atoms with Crippen LogP contribution < -0.4 is 5.73 Å². The Morgan fingerprint density at radius 1 is 1.11 bits per heavy atom. The Bertz CT molecular complexity index is 709. The Morgan fingerprint density at radius 2 is 1.83 bits per heavy atom. The number of aromatic nitrogens is 4. The molecule has 0 aliphatic carbocycles. The number of aromatic amines is 1. The van der Waals surface area contributed by atoms with Crippen LogP contribution in [-0.2, 0) is 0 Å². The highest BCUT2D eigenvalue weighted by atomic mass is 15.0. The predicted octanol–water partition coefficient (Wildman–Crippen LogP) is 2.22. The molecule has 3 rings (SSSR count). The predicted molar refractivity (Wildman–Crippen MR) is 71.0 cm³/mol. The third kappa shape index (κ3) is 1.52. The Labute approximate surface area is 104 Å². The van der Waals surface area contributed by atoms with Gasteiger partial charge in [-0.15, -0.1) is 0 Å². The molecule has 0 unspecified atom stereocenters. The van der Waals surface area contributed by atoms with Crippen molar-refractivity contribution >= 4 is 17.0 Å². The van der Waals surface area contributed by atoms with Crippen molar-refractivity contribution in [2.24, 2.45) is 0 Å². The van der Waals surface area contributed by atoms with E-state index in [4.69, 9.17) is 5.73 Å². The first-order chi connectivity index (χ1) is 8.66. The molecule has 5 heteroatoms. The van der Waals surface area contributed by atoms with Crippen molar-refractivity contribution in [3.8, 4) is 11.4 Å². The van der Waals surface area contributed by atoms with Gasteiger partial charge in [-0.25, -0.2) is 15.0 Å². The van der Waals surface area contributed by atoms with Gasteiger partial charge in [0, 0.05) is 5.56 Å². The van der Waals surface area contributed by atoms with E-state index in [0.717, 1.165) is 11.4 Å². The fraction of sp³-hybridized carbons (Fsp3) is 0.154. The lowest BCUT2D eigenvalue weighted by atomic mass is 10.0. The van der Waals surface area contributed by atoms with Gasteiger partial charge in [-0.1, -0.05) is 18.2 Å². The average Bonchev–Trinajstić information content (AvgIpc) is 2.74. The molecule has 0 radical (unpaired) electrons. The fourth-order valence-corrected chi connectivity index (χ4v) is 2.15. The first kappa shape index (κ1) is 10.7. The number of fused-ring (bicyclic) bond motifs is 1. The van der Waals surface area contributed by atoms with Gasteiger partial charge < -0.3 is 10.7 Å². The van der Waals surface area contributed by atoms with E-state index in [1.807, 2.05) is 6.07 Å². The number of anilines is 1. The molecule has 3 aromatic rings. The van der Waals surface area contributed by atoms with Crippen LogP contribution in [0.1, 0.15) is 11.1 Å². The van der Waals surface area contributed by atoms with Gasteiger partial charge in [0.25, 0.3) is 0 Å². The molecule has 0 fully saturated rings. The second-order valence-corrected chi connectivity index (χ2v) is 4.31. The molecular formula is C13H13N5. The van der Waals surface area contributed by atoms with Gasteiger partial charge in [0.2, 0.25) is 0 Å². The van der Waals surface area contributed by atoms with Crippen molar-refractivity contribution in [1.82, 2.24) is 19.9 Å². The molecule has 0 aliphatic heterocycles. The van der Waals surface area contributed by atoms with Gasteiger partial charge >= 0.3 is 0 Å². The molecule has 5 nitrogen and oxygen atoms in total. The molecule has 2 heterocycles. The molecule has 0 atom stereocenters. The number of rotatable bonds is 1. The number of nitrogens with two attached hydrogens (primary N) is 1. The number of H-pyrrole nitrogens is 1. The molecule has 1 aromatic carbocycles. The molecule has 0 saturated carbocycles. The van der Waals surface area contributed by atoms with Gasteiger partial charge in [-0.3, -0.25) is 0 Å². The van der Waals surface area contributed by atoms with Crippen LogP contribution in [-0.4, -0.2) is 19.9 Å². The van der Waals surface area contributed by atoms with Crippen LogP contribution in [0.2, 0.25) is 0 Å². The number of benzene rings is 1.